The van der Waals surface area contributed by atoms with E-state index in [1.165, 1.54) is 0 Å². The largest absolute Gasteiger partial charge is 0.454 e. The molecule has 94 valence electrons. The van der Waals surface area contributed by atoms with Crippen molar-refractivity contribution < 1.29 is 14.6 Å². The van der Waals surface area contributed by atoms with Gasteiger partial charge in [0.15, 0.2) is 11.5 Å². The van der Waals surface area contributed by atoms with E-state index >= 15 is 0 Å². The molecule has 0 saturated heterocycles. The summed E-state index contributed by atoms with van der Waals surface area (Å²) in [5, 5.41) is 12.5. The number of ether oxygens (including phenoxy) is 2. The Labute approximate surface area is 102 Å². The van der Waals surface area contributed by atoms with E-state index in [9.17, 15) is 0 Å². The van der Waals surface area contributed by atoms with E-state index in [0.29, 0.717) is 6.79 Å². The number of hydrogen-bond acceptors (Lipinski definition) is 4. The topological polar surface area (TPSA) is 50.7 Å². The first-order chi connectivity index (χ1) is 8.12. The molecule has 0 fully saturated rings. The smallest absolute Gasteiger partial charge is 0.231 e. The molecule has 4 nitrogen and oxygen atoms in total. The summed E-state index contributed by atoms with van der Waals surface area (Å²) < 4.78 is 10.7. The van der Waals surface area contributed by atoms with Crippen LogP contribution in [0.1, 0.15) is 19.4 Å². The molecule has 2 N–H and O–H groups in total. The number of hydrogen-bond donors (Lipinski definition) is 2. The first-order valence-corrected chi connectivity index (χ1v) is 5.81. The molecule has 1 aliphatic rings. The van der Waals surface area contributed by atoms with Crippen LogP contribution in [0.15, 0.2) is 18.2 Å². The molecule has 1 aromatic carbocycles. The van der Waals surface area contributed by atoms with E-state index in [2.05, 4.69) is 5.32 Å². The Morgan fingerprint density at radius 2 is 2.18 bits per heavy atom. The lowest BCUT2D eigenvalue weighted by Gasteiger charge is -2.22. The van der Waals surface area contributed by atoms with Crippen molar-refractivity contribution in [1.29, 1.82) is 0 Å². The van der Waals surface area contributed by atoms with Crippen LogP contribution in [0, 0.1) is 5.41 Å². The molecule has 1 aliphatic heterocycles. The van der Waals surface area contributed by atoms with Gasteiger partial charge in [-0.25, -0.2) is 0 Å². The molecular weight excluding hydrogens is 218 g/mol. The van der Waals surface area contributed by atoms with Crippen molar-refractivity contribution in [3.05, 3.63) is 23.8 Å². The van der Waals surface area contributed by atoms with Gasteiger partial charge in [-0.15, -0.1) is 0 Å². The van der Waals surface area contributed by atoms with Crippen LogP contribution in [0.4, 0.5) is 0 Å². The summed E-state index contributed by atoms with van der Waals surface area (Å²) in [6.45, 7) is 6.00. The molecule has 0 aliphatic carbocycles. The SMILES string of the molecule is CC(C)(CO)CNCc1cccc2c1OCO2. The molecule has 0 spiro atoms. The molecule has 4 heteroatoms. The van der Waals surface area contributed by atoms with Gasteiger partial charge < -0.3 is 19.9 Å². The number of benzene rings is 1. The number of para-hydroxylation sites is 1. The maximum absolute atomic E-state index is 9.16. The summed E-state index contributed by atoms with van der Waals surface area (Å²) in [4.78, 5) is 0. The molecule has 1 aromatic rings. The predicted octanol–water partition coefficient (Wildman–Crippen LogP) is 1.52. The molecule has 0 amide bonds. The van der Waals surface area contributed by atoms with Gasteiger partial charge in [0.1, 0.15) is 0 Å². The lowest BCUT2D eigenvalue weighted by atomic mass is 9.95. The Hall–Kier alpha value is -1.26. The van der Waals surface area contributed by atoms with Gasteiger partial charge in [-0.05, 0) is 6.07 Å². The van der Waals surface area contributed by atoms with Crippen LogP contribution in [0.2, 0.25) is 0 Å². The highest BCUT2D eigenvalue weighted by Gasteiger charge is 2.19. The minimum Gasteiger partial charge on any atom is -0.454 e. The van der Waals surface area contributed by atoms with Gasteiger partial charge in [0.05, 0.1) is 0 Å². The summed E-state index contributed by atoms with van der Waals surface area (Å²) >= 11 is 0. The van der Waals surface area contributed by atoms with Crippen LogP contribution in [0.3, 0.4) is 0 Å². The summed E-state index contributed by atoms with van der Waals surface area (Å²) in [7, 11) is 0. The van der Waals surface area contributed by atoms with Crippen LogP contribution in [0.25, 0.3) is 0 Å². The molecule has 17 heavy (non-hydrogen) atoms. The third-order valence-electron chi connectivity index (χ3n) is 2.83. The van der Waals surface area contributed by atoms with Crippen LogP contribution >= 0.6 is 0 Å². The second-order valence-corrected chi connectivity index (χ2v) is 5.08. The van der Waals surface area contributed by atoms with Crippen molar-refractivity contribution in [3.8, 4) is 11.5 Å². The standard InChI is InChI=1S/C13H19NO3/c1-13(2,8-15)7-14-6-10-4-3-5-11-12(10)17-9-16-11/h3-5,14-15H,6-9H2,1-2H3. The fraction of sp³-hybridized carbons (Fsp3) is 0.538. The van der Waals surface area contributed by atoms with Gasteiger partial charge in [-0.3, -0.25) is 0 Å². The van der Waals surface area contributed by atoms with Gasteiger partial charge >= 0.3 is 0 Å². The van der Waals surface area contributed by atoms with Crippen molar-refractivity contribution in [2.75, 3.05) is 19.9 Å². The van der Waals surface area contributed by atoms with Gasteiger partial charge in [0, 0.05) is 30.7 Å². The van der Waals surface area contributed by atoms with Crippen molar-refractivity contribution in [2.45, 2.75) is 20.4 Å². The normalized spacial score (nSPS) is 14.1. The molecular formula is C13H19NO3. The number of nitrogens with one attached hydrogen (secondary N) is 1. The Balaban J connectivity index is 1.94. The molecule has 2 rings (SSSR count). The van der Waals surface area contributed by atoms with Gasteiger partial charge in [-0.2, -0.15) is 0 Å². The summed E-state index contributed by atoms with van der Waals surface area (Å²) in [5.41, 5.74) is 0.990. The van der Waals surface area contributed by atoms with Crippen LogP contribution in [0.5, 0.6) is 11.5 Å². The van der Waals surface area contributed by atoms with E-state index in [4.69, 9.17) is 14.6 Å². The average molecular weight is 237 g/mol. The molecule has 1 heterocycles. The quantitative estimate of drug-likeness (QED) is 0.815. The summed E-state index contributed by atoms with van der Waals surface area (Å²) in [6.07, 6.45) is 0. The second kappa shape index (κ2) is 4.94. The molecule has 0 saturated carbocycles. The second-order valence-electron chi connectivity index (χ2n) is 5.08. The number of fused-ring (bicyclic) bond motifs is 1. The fourth-order valence-corrected chi connectivity index (χ4v) is 1.72. The van der Waals surface area contributed by atoms with Crippen molar-refractivity contribution in [3.63, 3.8) is 0 Å². The highest BCUT2D eigenvalue weighted by Crippen LogP contribution is 2.35. The van der Waals surface area contributed by atoms with E-state index in [-0.39, 0.29) is 12.0 Å². The maximum Gasteiger partial charge on any atom is 0.231 e. The fourth-order valence-electron chi connectivity index (χ4n) is 1.72. The van der Waals surface area contributed by atoms with Crippen LogP contribution < -0.4 is 14.8 Å². The van der Waals surface area contributed by atoms with E-state index in [0.717, 1.165) is 30.2 Å². The molecule has 0 aromatic heterocycles. The zero-order valence-electron chi connectivity index (χ0n) is 10.3. The van der Waals surface area contributed by atoms with E-state index in [1.54, 1.807) is 0 Å². The van der Waals surface area contributed by atoms with E-state index in [1.807, 2.05) is 32.0 Å². The van der Waals surface area contributed by atoms with Crippen molar-refractivity contribution >= 4 is 0 Å². The van der Waals surface area contributed by atoms with E-state index < -0.39 is 0 Å². The first kappa shape index (κ1) is 12.2. The van der Waals surface area contributed by atoms with Crippen LogP contribution in [-0.4, -0.2) is 25.1 Å². The highest BCUT2D eigenvalue weighted by atomic mass is 16.7. The van der Waals surface area contributed by atoms with Gasteiger partial charge in [0.2, 0.25) is 6.79 Å². The lowest BCUT2D eigenvalue weighted by Crippen LogP contribution is -2.31. The Kier molecular flexibility index (Phi) is 3.54. The molecule has 0 unspecified atom stereocenters. The Morgan fingerprint density at radius 3 is 2.94 bits per heavy atom. The lowest BCUT2D eigenvalue weighted by molar-refractivity contribution is 0.156. The summed E-state index contributed by atoms with van der Waals surface area (Å²) in [5.74, 6) is 1.65. The Bertz CT molecular complexity index is 390. The average Bonchev–Trinajstić information content (AvgIpc) is 2.78. The number of aliphatic hydroxyl groups is 1. The zero-order valence-corrected chi connectivity index (χ0v) is 10.3. The molecule has 0 bridgehead atoms. The van der Waals surface area contributed by atoms with Crippen molar-refractivity contribution in [2.24, 2.45) is 5.41 Å². The Morgan fingerprint density at radius 1 is 1.35 bits per heavy atom. The molecule has 0 radical (unpaired) electrons. The summed E-state index contributed by atoms with van der Waals surface area (Å²) in [6, 6.07) is 5.89. The number of rotatable bonds is 5. The minimum absolute atomic E-state index is 0.102. The minimum atomic E-state index is -0.102. The third kappa shape index (κ3) is 2.90. The predicted molar refractivity (Wildman–Crippen MR) is 65.1 cm³/mol. The van der Waals surface area contributed by atoms with Crippen molar-refractivity contribution in [1.82, 2.24) is 5.32 Å². The zero-order chi connectivity index (χ0) is 12.3. The van der Waals surface area contributed by atoms with Crippen LogP contribution in [-0.2, 0) is 6.54 Å². The molecule has 0 atom stereocenters. The third-order valence-corrected chi connectivity index (χ3v) is 2.83. The maximum atomic E-state index is 9.16. The van der Waals surface area contributed by atoms with Gasteiger partial charge in [0.25, 0.3) is 0 Å². The van der Waals surface area contributed by atoms with Gasteiger partial charge in [-0.1, -0.05) is 26.0 Å². The monoisotopic (exact) mass is 237 g/mol. The number of aliphatic hydroxyl groups excluding tert-OH is 1. The first-order valence-electron chi connectivity index (χ1n) is 5.81. The highest BCUT2D eigenvalue weighted by molar-refractivity contribution is 5.48.